The van der Waals surface area contributed by atoms with E-state index in [0.717, 1.165) is 44.9 Å². The quantitative estimate of drug-likeness (QED) is 0.167. The van der Waals surface area contributed by atoms with Gasteiger partial charge in [0.1, 0.15) is 0 Å². The van der Waals surface area contributed by atoms with Crippen LogP contribution in [0.3, 0.4) is 0 Å². The van der Waals surface area contributed by atoms with E-state index in [-0.39, 0.29) is 10.8 Å². The molecular weight excluding hydrogens is 861 g/mol. The molecule has 1 spiro atoms. The number of hydrogen-bond donors (Lipinski definition) is 0. The monoisotopic (exact) mass is 912 g/mol. The number of benzene rings is 10. The predicted octanol–water partition coefficient (Wildman–Crippen LogP) is 17.6. The van der Waals surface area contributed by atoms with Gasteiger partial charge in [-0.05, 0) is 185 Å². The van der Waals surface area contributed by atoms with Crippen molar-refractivity contribution >= 4 is 55.7 Å². The third-order valence-corrected chi connectivity index (χ3v) is 15.0. The summed E-state index contributed by atoms with van der Waals surface area (Å²) in [6.07, 6.45) is 0. The van der Waals surface area contributed by atoms with Gasteiger partial charge >= 0.3 is 0 Å². The summed E-state index contributed by atoms with van der Waals surface area (Å²) < 4.78 is 0. The summed E-state index contributed by atoms with van der Waals surface area (Å²) in [6, 6.07) is 79.2. The Morgan fingerprint density at radius 1 is 0.352 bits per heavy atom. The van der Waals surface area contributed by atoms with Crippen LogP contribution < -0.4 is 9.80 Å². The Hall–Kier alpha value is -8.70. The number of nitrogens with zero attached hydrogens (tertiary/aromatic N) is 4. The maximum Gasteiger partial charge on any atom is 0.0991 e. The Balaban J connectivity index is 1.14. The van der Waals surface area contributed by atoms with Crippen LogP contribution in [0.4, 0.5) is 34.1 Å². The molecule has 0 atom stereocenters. The molecule has 0 saturated carbocycles. The van der Waals surface area contributed by atoms with Gasteiger partial charge in [0.2, 0.25) is 0 Å². The summed E-state index contributed by atoms with van der Waals surface area (Å²) in [5, 5.41) is 24.1. The molecule has 2 aliphatic carbocycles. The average Bonchev–Trinajstić information content (AvgIpc) is 3.87. The molecule has 0 aliphatic heterocycles. The van der Waals surface area contributed by atoms with Gasteiger partial charge in [-0.25, -0.2) is 0 Å². The first kappa shape index (κ1) is 43.6. The van der Waals surface area contributed by atoms with Crippen LogP contribution >= 0.6 is 0 Å². The lowest BCUT2D eigenvalue weighted by molar-refractivity contribution is 0.589. The molecule has 0 amide bonds. The summed E-state index contributed by atoms with van der Waals surface area (Å²) in [7, 11) is 0. The summed E-state index contributed by atoms with van der Waals surface area (Å²) in [5.74, 6) is 0. The van der Waals surface area contributed by atoms with E-state index in [2.05, 4.69) is 209 Å². The fraction of sp³-hybridized carbons (Fsp3) is 0.134. The highest BCUT2D eigenvalue weighted by Gasteiger charge is 2.53. The minimum atomic E-state index is -0.650. The molecule has 0 fully saturated rings. The van der Waals surface area contributed by atoms with E-state index in [1.165, 1.54) is 66.4 Å². The van der Waals surface area contributed by atoms with Gasteiger partial charge in [-0.1, -0.05) is 151 Å². The Morgan fingerprint density at radius 3 is 1.08 bits per heavy atom. The minimum absolute atomic E-state index is 0.0522. The molecule has 0 radical (unpaired) electrons. The molecular formula is C67H52N4. The number of rotatable bonds is 6. The number of para-hydroxylation sites is 2. The number of anilines is 6. The highest BCUT2D eigenvalue weighted by Crippen LogP contribution is 2.66. The highest BCUT2D eigenvalue weighted by atomic mass is 15.1. The first-order chi connectivity index (χ1) is 34.4. The Morgan fingerprint density at radius 2 is 0.718 bits per heavy atom. The second kappa shape index (κ2) is 16.2. The van der Waals surface area contributed by atoms with Gasteiger partial charge < -0.3 is 9.80 Å². The molecule has 0 saturated heterocycles. The molecule has 0 heterocycles. The van der Waals surface area contributed by atoms with Gasteiger partial charge in [-0.15, -0.1) is 0 Å². The van der Waals surface area contributed by atoms with E-state index in [1.807, 2.05) is 60.7 Å². The standard InChI is InChI=1S/C67H52N4/c1-65(2,3)47-23-35-61-59(39-47)60-40-48(66(4,5)6)24-36-62(60)67(61)63-55-33-29-53(70(49-13-9-7-10-14-49)51-25-17-43(41-68)18-26-51)37-45(55)21-31-57(63)58-32-22-46-38-54(30-34-56(46)64(58)67)71(50-15-11-8-12-16-50)52-27-19-44(42-69)20-28-52/h7-40H,1-6H3. The van der Waals surface area contributed by atoms with E-state index >= 15 is 0 Å². The molecule has 4 heteroatoms. The average molecular weight is 913 g/mol. The van der Waals surface area contributed by atoms with Gasteiger partial charge in [0, 0.05) is 34.1 Å². The van der Waals surface area contributed by atoms with Crippen LogP contribution in [-0.4, -0.2) is 0 Å². The zero-order valence-corrected chi connectivity index (χ0v) is 40.9. The maximum absolute atomic E-state index is 9.69. The number of hydrogen-bond acceptors (Lipinski definition) is 4. The van der Waals surface area contributed by atoms with Gasteiger partial charge in [0.25, 0.3) is 0 Å². The lowest BCUT2D eigenvalue weighted by atomic mass is 9.68. The fourth-order valence-electron chi connectivity index (χ4n) is 11.5. The molecule has 0 bridgehead atoms. The van der Waals surface area contributed by atoms with Crippen molar-refractivity contribution in [2.45, 2.75) is 57.8 Å². The first-order valence-corrected chi connectivity index (χ1v) is 24.5. The smallest absolute Gasteiger partial charge is 0.0991 e. The molecule has 10 aromatic rings. The fourth-order valence-corrected chi connectivity index (χ4v) is 11.5. The summed E-state index contributed by atoms with van der Waals surface area (Å²) in [5.41, 5.74) is 19.6. The van der Waals surface area contributed by atoms with Crippen LogP contribution in [0.15, 0.2) is 206 Å². The van der Waals surface area contributed by atoms with Gasteiger partial charge in [-0.3, -0.25) is 0 Å². The lowest BCUT2D eigenvalue weighted by Gasteiger charge is -2.33. The van der Waals surface area contributed by atoms with Crippen LogP contribution in [0.25, 0.3) is 43.8 Å². The van der Waals surface area contributed by atoms with Crippen molar-refractivity contribution in [3.8, 4) is 34.4 Å². The molecule has 2 aliphatic rings. The second-order valence-corrected chi connectivity index (χ2v) is 21.2. The van der Waals surface area contributed by atoms with Crippen molar-refractivity contribution < 1.29 is 0 Å². The predicted molar refractivity (Wildman–Crippen MR) is 294 cm³/mol. The van der Waals surface area contributed by atoms with Crippen molar-refractivity contribution in [3.05, 3.63) is 251 Å². The molecule has 4 nitrogen and oxygen atoms in total. The van der Waals surface area contributed by atoms with E-state index in [9.17, 15) is 10.5 Å². The van der Waals surface area contributed by atoms with Crippen molar-refractivity contribution in [2.24, 2.45) is 0 Å². The normalized spacial score (nSPS) is 13.0. The second-order valence-electron chi connectivity index (χ2n) is 21.2. The van der Waals surface area contributed by atoms with Crippen molar-refractivity contribution in [2.75, 3.05) is 9.80 Å². The van der Waals surface area contributed by atoms with Crippen LogP contribution in [0.5, 0.6) is 0 Å². The SMILES string of the molecule is CC(C)(C)c1ccc2c(c1)-c1cc(C(C)(C)C)ccc1C21c2c(ccc3cc(N(c4ccccc4)c4ccc(C#N)cc4)ccc23)-c2ccc3cc(N(c4ccccc4)c4ccc(C#N)cc4)ccc3c21. The van der Waals surface area contributed by atoms with E-state index < -0.39 is 5.41 Å². The third-order valence-electron chi connectivity index (χ3n) is 15.0. The first-order valence-electron chi connectivity index (χ1n) is 24.5. The lowest BCUT2D eigenvalue weighted by Crippen LogP contribution is -2.27. The maximum atomic E-state index is 9.69. The largest absolute Gasteiger partial charge is 0.310 e. The van der Waals surface area contributed by atoms with Crippen LogP contribution in [0.2, 0.25) is 0 Å². The molecule has 10 aromatic carbocycles. The summed E-state index contributed by atoms with van der Waals surface area (Å²) >= 11 is 0. The third kappa shape index (κ3) is 6.86. The van der Waals surface area contributed by atoms with Gasteiger partial charge in [-0.2, -0.15) is 10.5 Å². The summed E-state index contributed by atoms with van der Waals surface area (Å²) in [4.78, 5) is 4.56. The van der Waals surface area contributed by atoms with E-state index in [1.54, 1.807) is 0 Å². The van der Waals surface area contributed by atoms with E-state index in [0.29, 0.717) is 11.1 Å². The van der Waals surface area contributed by atoms with Gasteiger partial charge in [0.15, 0.2) is 0 Å². The Bertz CT molecular complexity index is 3590. The highest BCUT2D eigenvalue weighted by molar-refractivity contribution is 6.10. The number of nitriles is 2. The van der Waals surface area contributed by atoms with Crippen LogP contribution in [-0.2, 0) is 16.2 Å². The molecule has 0 aromatic heterocycles. The van der Waals surface area contributed by atoms with Crippen molar-refractivity contribution in [1.29, 1.82) is 10.5 Å². The van der Waals surface area contributed by atoms with Crippen LogP contribution in [0, 0.1) is 22.7 Å². The van der Waals surface area contributed by atoms with Crippen molar-refractivity contribution in [1.82, 2.24) is 0 Å². The van der Waals surface area contributed by atoms with Crippen LogP contribution in [0.1, 0.15) is 86.1 Å². The molecule has 12 rings (SSSR count). The molecule has 340 valence electrons. The molecule has 71 heavy (non-hydrogen) atoms. The Labute approximate surface area is 417 Å². The zero-order chi connectivity index (χ0) is 48.8. The zero-order valence-electron chi connectivity index (χ0n) is 40.9. The number of fused-ring (bicyclic) bond motifs is 14. The Kier molecular flexibility index (Phi) is 9.94. The minimum Gasteiger partial charge on any atom is -0.310 e. The summed E-state index contributed by atoms with van der Waals surface area (Å²) in [6.45, 7) is 13.9. The molecule has 0 unspecified atom stereocenters. The van der Waals surface area contributed by atoms with Gasteiger partial charge in [0.05, 0.1) is 28.7 Å². The van der Waals surface area contributed by atoms with Crippen molar-refractivity contribution in [3.63, 3.8) is 0 Å². The molecule has 0 N–H and O–H groups in total. The topological polar surface area (TPSA) is 54.1 Å². The van der Waals surface area contributed by atoms with E-state index in [4.69, 9.17) is 0 Å².